The second-order valence-electron chi connectivity index (χ2n) is 8.28. The van der Waals surface area contributed by atoms with Gasteiger partial charge in [0.2, 0.25) is 0 Å². The van der Waals surface area contributed by atoms with Gasteiger partial charge >= 0.3 is 6.09 Å². The lowest BCUT2D eigenvalue weighted by molar-refractivity contribution is 0.0222. The SMILES string of the molecule is CCC=Cc1nn(Cc2ccc(OC)cc2)c2c1CN(C(=O)OC(C)(C)C)CC2. The van der Waals surface area contributed by atoms with Crippen molar-refractivity contribution in [1.29, 1.82) is 0 Å². The fourth-order valence-electron chi connectivity index (χ4n) is 3.40. The summed E-state index contributed by atoms with van der Waals surface area (Å²) in [6.45, 7) is 9.63. The van der Waals surface area contributed by atoms with E-state index in [1.807, 2.05) is 32.9 Å². The summed E-state index contributed by atoms with van der Waals surface area (Å²) in [5, 5.41) is 4.86. The number of ether oxygens (including phenoxy) is 2. The van der Waals surface area contributed by atoms with Crippen LogP contribution in [-0.4, -0.2) is 40.0 Å². The third kappa shape index (κ3) is 5.19. The topological polar surface area (TPSA) is 56.6 Å². The maximum absolute atomic E-state index is 12.6. The largest absolute Gasteiger partial charge is 0.497 e. The van der Waals surface area contributed by atoms with Crippen LogP contribution in [0.3, 0.4) is 0 Å². The summed E-state index contributed by atoms with van der Waals surface area (Å²) in [5.41, 5.74) is 3.90. The Balaban J connectivity index is 1.86. The average molecular weight is 398 g/mol. The van der Waals surface area contributed by atoms with Crippen molar-refractivity contribution in [3.8, 4) is 5.75 Å². The highest BCUT2D eigenvalue weighted by atomic mass is 16.6. The molecule has 0 N–H and O–H groups in total. The fraction of sp³-hybridized carbons (Fsp3) is 0.478. The molecular weight excluding hydrogens is 366 g/mol. The van der Waals surface area contributed by atoms with Crippen molar-refractivity contribution in [3.63, 3.8) is 0 Å². The molecule has 6 nitrogen and oxygen atoms in total. The van der Waals surface area contributed by atoms with E-state index in [1.165, 1.54) is 5.69 Å². The van der Waals surface area contributed by atoms with Crippen molar-refractivity contribution in [2.75, 3.05) is 13.7 Å². The zero-order chi connectivity index (χ0) is 21.0. The molecule has 0 atom stereocenters. The Bertz CT molecular complexity index is 876. The molecule has 1 aliphatic heterocycles. The molecule has 0 saturated heterocycles. The molecule has 0 aliphatic carbocycles. The molecule has 0 bridgehead atoms. The summed E-state index contributed by atoms with van der Waals surface area (Å²) < 4.78 is 12.9. The van der Waals surface area contributed by atoms with Crippen molar-refractivity contribution < 1.29 is 14.3 Å². The van der Waals surface area contributed by atoms with Gasteiger partial charge in [-0.25, -0.2) is 4.79 Å². The van der Waals surface area contributed by atoms with E-state index < -0.39 is 5.60 Å². The molecule has 0 saturated carbocycles. The highest BCUT2D eigenvalue weighted by Gasteiger charge is 2.29. The summed E-state index contributed by atoms with van der Waals surface area (Å²) in [5.74, 6) is 0.843. The van der Waals surface area contributed by atoms with Crippen LogP contribution in [0.2, 0.25) is 0 Å². The average Bonchev–Trinajstić information content (AvgIpc) is 3.02. The van der Waals surface area contributed by atoms with E-state index in [9.17, 15) is 4.79 Å². The first-order chi connectivity index (χ1) is 13.8. The van der Waals surface area contributed by atoms with Gasteiger partial charge in [0.1, 0.15) is 11.4 Å². The van der Waals surface area contributed by atoms with E-state index in [1.54, 1.807) is 12.0 Å². The Hall–Kier alpha value is -2.76. The van der Waals surface area contributed by atoms with Gasteiger partial charge < -0.3 is 14.4 Å². The monoisotopic (exact) mass is 397 g/mol. The number of fused-ring (bicyclic) bond motifs is 1. The zero-order valence-electron chi connectivity index (χ0n) is 18.1. The second kappa shape index (κ2) is 8.72. The van der Waals surface area contributed by atoms with Crippen LogP contribution in [-0.2, 0) is 24.2 Å². The molecule has 2 aromatic rings. The number of methoxy groups -OCH3 is 1. The number of rotatable bonds is 5. The number of hydrogen-bond acceptors (Lipinski definition) is 4. The van der Waals surface area contributed by atoms with Gasteiger partial charge in [-0.1, -0.05) is 25.1 Å². The van der Waals surface area contributed by atoms with Crippen molar-refractivity contribution >= 4 is 12.2 Å². The molecule has 0 fully saturated rings. The highest BCUT2D eigenvalue weighted by molar-refractivity contribution is 5.69. The molecule has 6 heteroatoms. The molecule has 2 heterocycles. The van der Waals surface area contributed by atoms with E-state index in [0.717, 1.165) is 35.4 Å². The number of hydrogen-bond donors (Lipinski definition) is 0. The van der Waals surface area contributed by atoms with Crippen LogP contribution in [0.5, 0.6) is 5.75 Å². The van der Waals surface area contributed by atoms with Crippen LogP contribution in [0, 0.1) is 0 Å². The predicted molar refractivity (Wildman–Crippen MR) is 114 cm³/mol. The lowest BCUT2D eigenvalue weighted by atomic mass is 10.0. The van der Waals surface area contributed by atoms with E-state index >= 15 is 0 Å². The Morgan fingerprint density at radius 1 is 1.24 bits per heavy atom. The molecule has 1 aromatic carbocycles. The van der Waals surface area contributed by atoms with Gasteiger partial charge in [-0.05, 0) is 51.0 Å². The first kappa shape index (κ1) is 21.0. The van der Waals surface area contributed by atoms with Crippen LogP contribution in [0.1, 0.15) is 56.6 Å². The second-order valence-corrected chi connectivity index (χ2v) is 8.28. The van der Waals surface area contributed by atoms with Crippen molar-refractivity contribution in [3.05, 3.63) is 52.9 Å². The summed E-state index contributed by atoms with van der Waals surface area (Å²) >= 11 is 0. The van der Waals surface area contributed by atoms with Gasteiger partial charge in [0.15, 0.2) is 0 Å². The number of aromatic nitrogens is 2. The molecule has 156 valence electrons. The molecule has 1 aliphatic rings. The van der Waals surface area contributed by atoms with E-state index in [2.05, 4.69) is 35.9 Å². The van der Waals surface area contributed by atoms with E-state index in [0.29, 0.717) is 19.6 Å². The van der Waals surface area contributed by atoms with Crippen molar-refractivity contribution in [1.82, 2.24) is 14.7 Å². The molecule has 1 amide bonds. The molecule has 3 rings (SSSR count). The normalized spacial score (nSPS) is 14.2. The molecular formula is C23H31N3O3. The van der Waals surface area contributed by atoms with E-state index in [-0.39, 0.29) is 6.09 Å². The molecule has 0 spiro atoms. The lowest BCUT2D eigenvalue weighted by Crippen LogP contribution is -2.40. The van der Waals surface area contributed by atoms with Crippen molar-refractivity contribution in [2.24, 2.45) is 0 Å². The Morgan fingerprint density at radius 3 is 2.59 bits per heavy atom. The lowest BCUT2D eigenvalue weighted by Gasteiger charge is -2.30. The van der Waals surface area contributed by atoms with Crippen LogP contribution in [0.4, 0.5) is 4.79 Å². The number of amides is 1. The Labute approximate surface area is 173 Å². The van der Waals surface area contributed by atoms with Crippen LogP contribution >= 0.6 is 0 Å². The van der Waals surface area contributed by atoms with Gasteiger partial charge in [-0.3, -0.25) is 4.68 Å². The van der Waals surface area contributed by atoms with Crippen LogP contribution in [0.15, 0.2) is 30.3 Å². The molecule has 0 unspecified atom stereocenters. The predicted octanol–water partition coefficient (Wildman–Crippen LogP) is 4.66. The smallest absolute Gasteiger partial charge is 0.410 e. The molecule has 0 radical (unpaired) electrons. The minimum absolute atomic E-state index is 0.267. The molecule has 29 heavy (non-hydrogen) atoms. The van der Waals surface area contributed by atoms with Gasteiger partial charge in [0.05, 0.1) is 25.9 Å². The van der Waals surface area contributed by atoms with Crippen LogP contribution < -0.4 is 4.74 Å². The van der Waals surface area contributed by atoms with E-state index in [4.69, 9.17) is 14.6 Å². The summed E-state index contributed by atoms with van der Waals surface area (Å²) in [4.78, 5) is 14.3. The number of carbonyl (C=O) groups excluding carboxylic acids is 1. The third-order valence-corrected chi connectivity index (χ3v) is 4.82. The van der Waals surface area contributed by atoms with Crippen molar-refractivity contribution in [2.45, 2.75) is 59.2 Å². The fourth-order valence-corrected chi connectivity index (χ4v) is 3.40. The Kier molecular flexibility index (Phi) is 6.30. The van der Waals surface area contributed by atoms with Gasteiger partial charge in [-0.2, -0.15) is 5.10 Å². The summed E-state index contributed by atoms with van der Waals surface area (Å²) in [7, 11) is 1.67. The Morgan fingerprint density at radius 2 is 1.97 bits per heavy atom. The third-order valence-electron chi connectivity index (χ3n) is 4.82. The standard InChI is InChI=1S/C23H31N3O3/c1-6-7-8-20-19-16-25(22(27)29-23(2,3)4)14-13-21(19)26(24-20)15-17-9-11-18(28-5)12-10-17/h7-12H,6,13-16H2,1-5H3. The van der Waals surface area contributed by atoms with Gasteiger partial charge in [-0.15, -0.1) is 0 Å². The van der Waals surface area contributed by atoms with Gasteiger partial charge in [0.25, 0.3) is 0 Å². The number of nitrogens with zero attached hydrogens (tertiary/aromatic N) is 3. The maximum atomic E-state index is 12.6. The first-order valence-corrected chi connectivity index (χ1v) is 10.2. The number of allylic oxidation sites excluding steroid dienone is 1. The first-order valence-electron chi connectivity index (χ1n) is 10.2. The summed E-state index contributed by atoms with van der Waals surface area (Å²) in [6, 6.07) is 8.05. The molecule has 1 aromatic heterocycles. The number of carbonyl (C=O) groups is 1. The quantitative estimate of drug-likeness (QED) is 0.736. The number of benzene rings is 1. The highest BCUT2D eigenvalue weighted by Crippen LogP contribution is 2.26. The summed E-state index contributed by atoms with van der Waals surface area (Å²) in [6.07, 6.45) is 5.60. The zero-order valence-corrected chi connectivity index (χ0v) is 18.1. The maximum Gasteiger partial charge on any atom is 0.410 e. The minimum Gasteiger partial charge on any atom is -0.497 e. The van der Waals surface area contributed by atoms with Gasteiger partial charge in [0, 0.05) is 24.2 Å². The van der Waals surface area contributed by atoms with Crippen LogP contribution in [0.25, 0.3) is 6.08 Å². The minimum atomic E-state index is -0.499.